The Morgan fingerprint density at radius 3 is 2.92 bits per heavy atom. The van der Waals surface area contributed by atoms with Gasteiger partial charge in [0.15, 0.2) is 0 Å². The van der Waals surface area contributed by atoms with Gasteiger partial charge in [0, 0.05) is 31.5 Å². The molecule has 0 spiro atoms. The van der Waals surface area contributed by atoms with Crippen molar-refractivity contribution in [2.75, 3.05) is 25.9 Å². The molecule has 1 aliphatic rings. The summed E-state index contributed by atoms with van der Waals surface area (Å²) in [6, 6.07) is 5.76. The number of nitrogens with zero attached hydrogens (tertiary/aromatic N) is 3. The Kier molecular flexibility index (Phi) is 4.60. The number of aryl methyl sites for hydroxylation is 1. The molecule has 3 heterocycles. The molecule has 7 nitrogen and oxygen atoms in total. The Labute approximate surface area is 141 Å². The first-order chi connectivity index (χ1) is 11.3. The number of pyridine rings is 1. The number of amides is 1. The number of carbonyl (C=O) groups is 1. The summed E-state index contributed by atoms with van der Waals surface area (Å²) in [7, 11) is -3.20. The first-order valence-corrected chi connectivity index (χ1v) is 9.91. The molecule has 0 radical (unpaired) electrons. The molecule has 3 rings (SSSR count). The number of imidazole rings is 1. The van der Waals surface area contributed by atoms with E-state index in [1.807, 2.05) is 29.5 Å². The molecule has 1 aliphatic heterocycles. The molecule has 1 N–H and O–H groups in total. The second kappa shape index (κ2) is 6.52. The number of rotatable bonds is 4. The van der Waals surface area contributed by atoms with Gasteiger partial charge in [0.2, 0.25) is 10.0 Å². The van der Waals surface area contributed by atoms with Crippen molar-refractivity contribution < 1.29 is 13.2 Å². The third-order valence-electron chi connectivity index (χ3n) is 4.36. The van der Waals surface area contributed by atoms with Crippen LogP contribution in [0.5, 0.6) is 0 Å². The second-order valence-electron chi connectivity index (χ2n) is 6.40. The molecule has 1 fully saturated rings. The molecule has 1 atom stereocenters. The van der Waals surface area contributed by atoms with Crippen molar-refractivity contribution in [2.45, 2.75) is 19.8 Å². The molecule has 130 valence electrons. The molecule has 0 unspecified atom stereocenters. The van der Waals surface area contributed by atoms with Gasteiger partial charge in [0.05, 0.1) is 6.26 Å². The van der Waals surface area contributed by atoms with Crippen molar-refractivity contribution in [3.05, 3.63) is 35.8 Å². The molecular formula is C16H22N4O3S. The average molecular weight is 350 g/mol. The third kappa shape index (κ3) is 3.76. The zero-order valence-corrected chi connectivity index (χ0v) is 14.7. The van der Waals surface area contributed by atoms with Gasteiger partial charge < -0.3 is 9.30 Å². The van der Waals surface area contributed by atoms with E-state index in [-0.39, 0.29) is 11.8 Å². The van der Waals surface area contributed by atoms with Gasteiger partial charge in [-0.1, -0.05) is 6.07 Å². The first kappa shape index (κ1) is 16.9. The van der Waals surface area contributed by atoms with Gasteiger partial charge >= 0.3 is 0 Å². The topological polar surface area (TPSA) is 83.8 Å². The van der Waals surface area contributed by atoms with Crippen LogP contribution in [0, 0.1) is 12.8 Å². The Balaban J connectivity index is 1.72. The number of likely N-dealkylation sites (tertiary alicyclic amines) is 1. The normalized spacial score (nSPS) is 18.9. The third-order valence-corrected chi connectivity index (χ3v) is 5.05. The maximum Gasteiger partial charge on any atom is 0.274 e. The largest absolute Gasteiger partial charge is 0.337 e. The number of hydrogen-bond acceptors (Lipinski definition) is 4. The highest BCUT2D eigenvalue weighted by atomic mass is 32.2. The van der Waals surface area contributed by atoms with Gasteiger partial charge in [-0.2, -0.15) is 0 Å². The van der Waals surface area contributed by atoms with Crippen molar-refractivity contribution in [1.82, 2.24) is 19.0 Å². The van der Waals surface area contributed by atoms with E-state index in [4.69, 9.17) is 0 Å². The number of fused-ring (bicyclic) bond motifs is 1. The van der Waals surface area contributed by atoms with E-state index in [0.717, 1.165) is 30.4 Å². The monoisotopic (exact) mass is 350 g/mol. The van der Waals surface area contributed by atoms with Crippen molar-refractivity contribution in [3.8, 4) is 0 Å². The van der Waals surface area contributed by atoms with E-state index < -0.39 is 10.0 Å². The first-order valence-electron chi connectivity index (χ1n) is 8.02. The lowest BCUT2D eigenvalue weighted by Gasteiger charge is -2.32. The molecule has 2 aromatic rings. The summed E-state index contributed by atoms with van der Waals surface area (Å²) in [4.78, 5) is 18.9. The van der Waals surface area contributed by atoms with Crippen LogP contribution in [0.25, 0.3) is 5.65 Å². The Morgan fingerprint density at radius 1 is 1.42 bits per heavy atom. The summed E-state index contributed by atoms with van der Waals surface area (Å²) < 4.78 is 26.9. The van der Waals surface area contributed by atoms with Gasteiger partial charge in [-0.15, -0.1) is 0 Å². The molecule has 0 aliphatic carbocycles. The lowest BCUT2D eigenvalue weighted by molar-refractivity contribution is 0.0671. The van der Waals surface area contributed by atoms with Crippen LogP contribution in [0.15, 0.2) is 24.4 Å². The van der Waals surface area contributed by atoms with E-state index in [0.29, 0.717) is 25.3 Å². The highest BCUT2D eigenvalue weighted by molar-refractivity contribution is 7.88. The van der Waals surface area contributed by atoms with Crippen LogP contribution in [-0.4, -0.2) is 54.5 Å². The lowest BCUT2D eigenvalue weighted by atomic mass is 9.98. The number of piperidine rings is 1. The quantitative estimate of drug-likeness (QED) is 0.893. The van der Waals surface area contributed by atoms with Crippen LogP contribution >= 0.6 is 0 Å². The van der Waals surface area contributed by atoms with E-state index in [1.54, 1.807) is 11.1 Å². The molecule has 2 aromatic heterocycles. The minimum absolute atomic E-state index is 0.0952. The van der Waals surface area contributed by atoms with Gasteiger partial charge in [0.25, 0.3) is 5.91 Å². The molecule has 0 bridgehead atoms. The van der Waals surface area contributed by atoms with Gasteiger partial charge in [-0.3, -0.25) is 4.79 Å². The predicted octanol–water partition coefficient (Wildman–Crippen LogP) is 1.04. The second-order valence-corrected chi connectivity index (χ2v) is 8.23. The van der Waals surface area contributed by atoms with Crippen LogP contribution in [0.2, 0.25) is 0 Å². The highest BCUT2D eigenvalue weighted by Crippen LogP contribution is 2.19. The standard InChI is InChI=1S/C16H22N4O3S/c1-12-5-3-7-15-18-14(11-20(12)15)16(21)19-8-4-6-13(10-19)9-17-24(2,22)23/h3,5,7,11,13,17H,4,6,8-10H2,1-2H3/t13-/m1/s1. The zero-order chi connectivity index (χ0) is 17.3. The zero-order valence-electron chi connectivity index (χ0n) is 13.9. The molecular weight excluding hydrogens is 328 g/mol. The summed E-state index contributed by atoms with van der Waals surface area (Å²) in [6.45, 7) is 3.57. The maximum absolute atomic E-state index is 12.7. The van der Waals surface area contributed by atoms with Crippen LogP contribution in [0.1, 0.15) is 29.0 Å². The van der Waals surface area contributed by atoms with Crippen molar-refractivity contribution in [3.63, 3.8) is 0 Å². The number of hydrogen-bond donors (Lipinski definition) is 1. The summed E-state index contributed by atoms with van der Waals surface area (Å²) in [6.07, 6.45) is 4.70. The fourth-order valence-corrected chi connectivity index (χ4v) is 3.64. The van der Waals surface area contributed by atoms with E-state index in [2.05, 4.69) is 9.71 Å². The maximum atomic E-state index is 12.7. The van der Waals surface area contributed by atoms with Gasteiger partial charge in [0.1, 0.15) is 11.3 Å². The van der Waals surface area contributed by atoms with Crippen LogP contribution in [-0.2, 0) is 10.0 Å². The number of carbonyl (C=O) groups excluding carboxylic acids is 1. The van der Waals surface area contributed by atoms with Crippen LogP contribution in [0.4, 0.5) is 0 Å². The van der Waals surface area contributed by atoms with Crippen LogP contribution in [0.3, 0.4) is 0 Å². The van der Waals surface area contributed by atoms with Gasteiger partial charge in [-0.05, 0) is 37.8 Å². The van der Waals surface area contributed by atoms with Gasteiger partial charge in [-0.25, -0.2) is 18.1 Å². The average Bonchev–Trinajstić information content (AvgIpc) is 2.97. The molecule has 24 heavy (non-hydrogen) atoms. The minimum Gasteiger partial charge on any atom is -0.337 e. The number of aromatic nitrogens is 2. The number of nitrogens with one attached hydrogen (secondary N) is 1. The Hall–Kier alpha value is -1.93. The van der Waals surface area contributed by atoms with E-state index >= 15 is 0 Å². The summed E-state index contributed by atoms with van der Waals surface area (Å²) in [5.74, 6) is 0.0401. The van der Waals surface area contributed by atoms with Crippen molar-refractivity contribution in [1.29, 1.82) is 0 Å². The molecule has 1 saturated heterocycles. The van der Waals surface area contributed by atoms with E-state index in [9.17, 15) is 13.2 Å². The molecule has 0 aromatic carbocycles. The lowest BCUT2D eigenvalue weighted by Crippen LogP contribution is -2.43. The fourth-order valence-electron chi connectivity index (χ4n) is 3.10. The fraction of sp³-hybridized carbons (Fsp3) is 0.500. The smallest absolute Gasteiger partial charge is 0.274 e. The molecule has 1 amide bonds. The van der Waals surface area contributed by atoms with Crippen molar-refractivity contribution in [2.24, 2.45) is 5.92 Å². The van der Waals surface area contributed by atoms with Crippen LogP contribution < -0.4 is 4.72 Å². The SMILES string of the molecule is Cc1cccc2nc(C(=O)N3CCC[C@H](CNS(C)(=O)=O)C3)cn12. The van der Waals surface area contributed by atoms with Crippen molar-refractivity contribution >= 4 is 21.6 Å². The molecule has 0 saturated carbocycles. The molecule has 8 heteroatoms. The Bertz CT molecular complexity index is 859. The predicted molar refractivity (Wildman–Crippen MR) is 91.4 cm³/mol. The Morgan fingerprint density at radius 2 is 2.21 bits per heavy atom. The summed E-state index contributed by atoms with van der Waals surface area (Å²) in [5.41, 5.74) is 2.21. The summed E-state index contributed by atoms with van der Waals surface area (Å²) >= 11 is 0. The summed E-state index contributed by atoms with van der Waals surface area (Å²) in [5, 5.41) is 0. The minimum atomic E-state index is -3.20. The van der Waals surface area contributed by atoms with E-state index in [1.165, 1.54) is 0 Å². The number of sulfonamides is 1. The highest BCUT2D eigenvalue weighted by Gasteiger charge is 2.26.